The maximum Gasteiger partial charge on any atom is 0.237 e. The van der Waals surface area contributed by atoms with Crippen molar-refractivity contribution < 1.29 is 0 Å². The Bertz CT molecular complexity index is 423. The van der Waals surface area contributed by atoms with Crippen molar-refractivity contribution in [2.24, 2.45) is 5.10 Å². The van der Waals surface area contributed by atoms with Crippen LogP contribution < -0.4 is 5.43 Å². The molecule has 14 heavy (non-hydrogen) atoms. The Hall–Kier alpha value is -1.98. The van der Waals surface area contributed by atoms with Crippen molar-refractivity contribution in [3.63, 3.8) is 0 Å². The minimum absolute atomic E-state index is 0.213. The van der Waals surface area contributed by atoms with E-state index in [1.54, 1.807) is 30.3 Å². The molecule has 0 amide bonds. The van der Waals surface area contributed by atoms with E-state index < -0.39 is 0 Å². The fraction of sp³-hybridized carbons (Fsp3) is 0. The minimum atomic E-state index is -0.213. The third-order valence-corrected chi connectivity index (χ3v) is 1.63. The predicted molar refractivity (Wildman–Crippen MR) is 56.0 cm³/mol. The summed E-state index contributed by atoms with van der Waals surface area (Å²) >= 11 is 4.13. The number of nitrogens with one attached hydrogen (secondary N) is 1. The van der Waals surface area contributed by atoms with Gasteiger partial charge < -0.3 is 0 Å². The summed E-state index contributed by atoms with van der Waals surface area (Å²) in [6, 6.07) is 10.4. The van der Waals surface area contributed by atoms with Gasteiger partial charge in [-0.25, -0.2) is 0 Å². The highest BCUT2D eigenvalue weighted by atomic mass is 32.1. The van der Waals surface area contributed by atoms with Gasteiger partial charge in [0, 0.05) is 4.90 Å². The first-order valence-corrected chi connectivity index (χ1v) is 4.14. The molecule has 0 unspecified atom stereocenters. The number of benzene rings is 1. The molecule has 1 N–H and O–H groups in total. The lowest BCUT2D eigenvalue weighted by Crippen LogP contribution is -1.95. The molecule has 0 atom stereocenters. The van der Waals surface area contributed by atoms with Crippen molar-refractivity contribution >= 4 is 24.0 Å². The van der Waals surface area contributed by atoms with Crippen LogP contribution in [0.2, 0.25) is 0 Å². The molecule has 0 aromatic heterocycles. The first kappa shape index (κ1) is 10.1. The molecule has 0 heterocycles. The number of anilines is 1. The van der Waals surface area contributed by atoms with E-state index >= 15 is 0 Å². The van der Waals surface area contributed by atoms with E-state index in [1.807, 2.05) is 6.07 Å². The van der Waals surface area contributed by atoms with Crippen LogP contribution in [0.4, 0.5) is 5.69 Å². The molecule has 0 saturated carbocycles. The van der Waals surface area contributed by atoms with Gasteiger partial charge in [0.25, 0.3) is 0 Å². The molecule has 68 valence electrons. The smallest absolute Gasteiger partial charge is 0.237 e. The Morgan fingerprint density at radius 2 is 2.07 bits per heavy atom. The first-order valence-electron chi connectivity index (χ1n) is 3.69. The number of nitrogens with zero attached hydrogens (tertiary/aromatic N) is 3. The van der Waals surface area contributed by atoms with Crippen LogP contribution in [-0.4, -0.2) is 5.71 Å². The molecule has 5 heteroatoms. The zero-order chi connectivity index (χ0) is 10.4. The summed E-state index contributed by atoms with van der Waals surface area (Å²) < 4.78 is 0. The van der Waals surface area contributed by atoms with Crippen molar-refractivity contribution in [2.75, 3.05) is 5.43 Å². The number of thiol groups is 1. The summed E-state index contributed by atoms with van der Waals surface area (Å²) in [6.45, 7) is 0. The van der Waals surface area contributed by atoms with E-state index in [4.69, 9.17) is 10.5 Å². The highest BCUT2D eigenvalue weighted by Gasteiger charge is 1.94. The Kier molecular flexibility index (Phi) is 3.54. The number of hydrogen-bond acceptors (Lipinski definition) is 5. The molecule has 0 aliphatic rings. The zero-order valence-electron chi connectivity index (χ0n) is 7.10. The Morgan fingerprint density at radius 3 is 2.64 bits per heavy atom. The first-order chi connectivity index (χ1) is 6.76. The van der Waals surface area contributed by atoms with Gasteiger partial charge in [-0.15, -0.1) is 12.6 Å². The van der Waals surface area contributed by atoms with Gasteiger partial charge in [-0.2, -0.15) is 15.6 Å². The average molecular weight is 202 g/mol. The van der Waals surface area contributed by atoms with E-state index in [0.29, 0.717) is 5.69 Å². The maximum absolute atomic E-state index is 8.40. The maximum atomic E-state index is 8.40. The standard InChI is InChI=1S/C9H6N4S/c10-5-8(6-11)13-12-7-2-1-3-9(14)4-7/h1-4,12,14H. The van der Waals surface area contributed by atoms with E-state index in [9.17, 15) is 0 Å². The number of hydrazone groups is 1. The normalized spacial score (nSPS) is 8.21. The fourth-order valence-corrected chi connectivity index (χ4v) is 0.996. The van der Waals surface area contributed by atoms with Gasteiger partial charge in [0.05, 0.1) is 5.69 Å². The molecule has 0 radical (unpaired) electrons. The summed E-state index contributed by atoms with van der Waals surface area (Å²) in [4.78, 5) is 0.778. The molecular formula is C9H6N4S. The Labute approximate surface area is 86.9 Å². The lowest BCUT2D eigenvalue weighted by molar-refractivity contribution is 1.31. The van der Waals surface area contributed by atoms with E-state index in [2.05, 4.69) is 23.2 Å². The molecule has 0 aliphatic carbocycles. The number of rotatable bonds is 2. The van der Waals surface area contributed by atoms with Crippen molar-refractivity contribution in [3.8, 4) is 12.1 Å². The second-order valence-corrected chi connectivity index (χ2v) is 2.86. The molecule has 1 aromatic rings. The van der Waals surface area contributed by atoms with Crippen molar-refractivity contribution in [1.82, 2.24) is 0 Å². The Balaban J connectivity index is 2.77. The minimum Gasteiger partial charge on any atom is -0.276 e. The van der Waals surface area contributed by atoms with Crippen LogP contribution in [-0.2, 0) is 0 Å². The van der Waals surface area contributed by atoms with Gasteiger partial charge in [0.1, 0.15) is 12.1 Å². The quantitative estimate of drug-likeness (QED) is 0.436. The van der Waals surface area contributed by atoms with Crippen molar-refractivity contribution in [2.45, 2.75) is 4.90 Å². The fourth-order valence-electron chi connectivity index (χ4n) is 0.771. The third kappa shape index (κ3) is 2.81. The molecule has 4 nitrogen and oxygen atoms in total. The molecule has 0 aliphatic heterocycles. The topological polar surface area (TPSA) is 72.0 Å². The average Bonchev–Trinajstić information content (AvgIpc) is 2.19. The molecular weight excluding hydrogens is 196 g/mol. The van der Waals surface area contributed by atoms with Crippen LogP contribution in [0.1, 0.15) is 0 Å². The van der Waals surface area contributed by atoms with Gasteiger partial charge in [0.2, 0.25) is 5.71 Å². The second kappa shape index (κ2) is 4.90. The lowest BCUT2D eigenvalue weighted by Gasteiger charge is -1.99. The molecule has 0 spiro atoms. The van der Waals surface area contributed by atoms with Crippen LogP contribution in [0.25, 0.3) is 0 Å². The third-order valence-electron chi connectivity index (χ3n) is 1.35. The Morgan fingerprint density at radius 1 is 1.36 bits per heavy atom. The zero-order valence-corrected chi connectivity index (χ0v) is 7.99. The predicted octanol–water partition coefficient (Wildman–Crippen LogP) is 1.79. The van der Waals surface area contributed by atoms with Crippen LogP contribution >= 0.6 is 12.6 Å². The summed E-state index contributed by atoms with van der Waals surface area (Å²) in [5, 5.41) is 20.4. The van der Waals surface area contributed by atoms with Gasteiger partial charge in [-0.05, 0) is 18.2 Å². The van der Waals surface area contributed by atoms with Gasteiger partial charge in [-0.1, -0.05) is 6.07 Å². The summed E-state index contributed by atoms with van der Waals surface area (Å²) in [5.74, 6) is 0. The monoisotopic (exact) mass is 202 g/mol. The molecule has 0 saturated heterocycles. The van der Waals surface area contributed by atoms with Gasteiger partial charge in [-0.3, -0.25) is 5.43 Å². The SMILES string of the molecule is N#CC(C#N)=NNc1cccc(S)c1. The molecule has 1 aromatic carbocycles. The van der Waals surface area contributed by atoms with Crippen molar-refractivity contribution in [1.29, 1.82) is 10.5 Å². The van der Waals surface area contributed by atoms with Crippen molar-refractivity contribution in [3.05, 3.63) is 24.3 Å². The second-order valence-electron chi connectivity index (χ2n) is 2.35. The summed E-state index contributed by atoms with van der Waals surface area (Å²) in [5.41, 5.74) is 3.05. The molecule has 0 bridgehead atoms. The number of hydrogen-bond donors (Lipinski definition) is 2. The number of nitriles is 2. The lowest BCUT2D eigenvalue weighted by atomic mass is 10.3. The van der Waals surface area contributed by atoms with Gasteiger partial charge in [0.15, 0.2) is 0 Å². The highest BCUT2D eigenvalue weighted by Crippen LogP contribution is 2.12. The largest absolute Gasteiger partial charge is 0.276 e. The van der Waals surface area contributed by atoms with E-state index in [1.165, 1.54) is 0 Å². The van der Waals surface area contributed by atoms with Crippen LogP contribution in [0.5, 0.6) is 0 Å². The summed E-state index contributed by atoms with van der Waals surface area (Å²) in [6.07, 6.45) is 0. The van der Waals surface area contributed by atoms with E-state index in [0.717, 1.165) is 4.90 Å². The highest BCUT2D eigenvalue weighted by molar-refractivity contribution is 7.80. The van der Waals surface area contributed by atoms with Crippen LogP contribution in [0.3, 0.4) is 0 Å². The van der Waals surface area contributed by atoms with E-state index in [-0.39, 0.29) is 5.71 Å². The molecule has 0 fully saturated rings. The van der Waals surface area contributed by atoms with Crippen LogP contribution in [0.15, 0.2) is 34.3 Å². The van der Waals surface area contributed by atoms with Crippen LogP contribution in [0, 0.1) is 22.7 Å². The molecule has 1 rings (SSSR count). The summed E-state index contributed by atoms with van der Waals surface area (Å²) in [7, 11) is 0. The van der Waals surface area contributed by atoms with Gasteiger partial charge >= 0.3 is 0 Å².